The van der Waals surface area contributed by atoms with E-state index in [1.54, 1.807) is 0 Å². The van der Waals surface area contributed by atoms with Crippen LogP contribution in [0.4, 0.5) is 5.82 Å². The van der Waals surface area contributed by atoms with Crippen LogP contribution in [0, 0.1) is 11.3 Å². The zero-order valence-electron chi connectivity index (χ0n) is 8.06. The lowest BCUT2D eigenvalue weighted by atomic mass is 10.2. The van der Waals surface area contributed by atoms with E-state index < -0.39 is 5.91 Å². The van der Waals surface area contributed by atoms with E-state index in [0.29, 0.717) is 13.0 Å². The van der Waals surface area contributed by atoms with Crippen molar-refractivity contribution in [2.75, 3.05) is 12.3 Å². The molecule has 15 heavy (non-hydrogen) atoms. The van der Waals surface area contributed by atoms with E-state index in [1.807, 2.05) is 6.07 Å². The largest absolute Gasteiger partial charge is 0.379 e. The van der Waals surface area contributed by atoms with Gasteiger partial charge in [0.15, 0.2) is 0 Å². The molecule has 0 atom stereocenters. The molecule has 1 aromatic rings. The molecule has 0 spiro atoms. The smallest absolute Gasteiger partial charge is 0.277 e. The molecule has 1 aromatic heterocycles. The lowest BCUT2D eigenvalue weighted by molar-refractivity contribution is 0.0944. The van der Waals surface area contributed by atoms with Crippen LogP contribution in [0.2, 0.25) is 0 Å². The quantitative estimate of drug-likeness (QED) is 0.663. The standard InChI is InChI=1S/C8H11N5O2/c9-4-2-1-3-5-11-8(14)6-7(10)13-15-12-6/h1-3,5H2,(H2,10,13)(H,11,14). The highest BCUT2D eigenvalue weighted by Gasteiger charge is 2.14. The van der Waals surface area contributed by atoms with Crippen LogP contribution in [-0.4, -0.2) is 22.8 Å². The summed E-state index contributed by atoms with van der Waals surface area (Å²) < 4.78 is 4.28. The lowest BCUT2D eigenvalue weighted by Crippen LogP contribution is -2.25. The van der Waals surface area contributed by atoms with Crippen molar-refractivity contribution < 1.29 is 9.42 Å². The van der Waals surface area contributed by atoms with Crippen LogP contribution in [0.5, 0.6) is 0 Å². The molecule has 0 aliphatic heterocycles. The summed E-state index contributed by atoms with van der Waals surface area (Å²) in [6.45, 7) is 0.479. The van der Waals surface area contributed by atoms with Crippen molar-refractivity contribution in [2.45, 2.75) is 19.3 Å². The first-order valence-corrected chi connectivity index (χ1v) is 4.49. The maximum absolute atomic E-state index is 11.3. The number of nitrogens with zero attached hydrogens (tertiary/aromatic N) is 3. The molecule has 1 amide bonds. The molecule has 0 bridgehead atoms. The molecule has 80 valence electrons. The van der Waals surface area contributed by atoms with E-state index in [0.717, 1.165) is 12.8 Å². The van der Waals surface area contributed by atoms with Gasteiger partial charge in [0.2, 0.25) is 11.5 Å². The Balaban J connectivity index is 2.26. The molecular formula is C8H11N5O2. The van der Waals surface area contributed by atoms with Crippen molar-refractivity contribution >= 4 is 11.7 Å². The van der Waals surface area contributed by atoms with Crippen LogP contribution in [0.15, 0.2) is 4.63 Å². The van der Waals surface area contributed by atoms with E-state index in [1.165, 1.54) is 0 Å². The summed E-state index contributed by atoms with van der Waals surface area (Å²) in [5.74, 6) is -0.435. The van der Waals surface area contributed by atoms with Gasteiger partial charge in [0.1, 0.15) is 0 Å². The SMILES string of the molecule is N#CCCCCNC(=O)c1nonc1N. The molecule has 7 nitrogen and oxygen atoms in total. The first kappa shape index (κ1) is 11.0. The Morgan fingerprint density at radius 1 is 1.53 bits per heavy atom. The highest BCUT2D eigenvalue weighted by molar-refractivity contribution is 5.95. The second kappa shape index (κ2) is 5.59. The Bertz CT molecular complexity index is 367. The Labute approximate surface area is 86.2 Å². The van der Waals surface area contributed by atoms with Crippen molar-refractivity contribution in [3.8, 4) is 6.07 Å². The fraction of sp³-hybridized carbons (Fsp3) is 0.500. The number of carbonyl (C=O) groups is 1. The van der Waals surface area contributed by atoms with Gasteiger partial charge in [0, 0.05) is 13.0 Å². The monoisotopic (exact) mass is 209 g/mol. The van der Waals surface area contributed by atoms with Crippen molar-refractivity contribution in [2.24, 2.45) is 0 Å². The minimum Gasteiger partial charge on any atom is -0.379 e. The third-order valence-corrected chi connectivity index (χ3v) is 1.73. The van der Waals surface area contributed by atoms with Gasteiger partial charge in [-0.15, -0.1) is 0 Å². The van der Waals surface area contributed by atoms with Crippen LogP contribution >= 0.6 is 0 Å². The summed E-state index contributed by atoms with van der Waals surface area (Å²) in [6, 6.07) is 2.02. The highest BCUT2D eigenvalue weighted by atomic mass is 16.6. The van der Waals surface area contributed by atoms with Gasteiger partial charge >= 0.3 is 0 Å². The molecule has 7 heteroatoms. The number of nitrogen functional groups attached to an aromatic ring is 1. The van der Waals surface area contributed by atoms with Crippen LogP contribution in [0.1, 0.15) is 29.8 Å². The van der Waals surface area contributed by atoms with Gasteiger partial charge < -0.3 is 11.1 Å². The summed E-state index contributed by atoms with van der Waals surface area (Å²) in [4.78, 5) is 11.3. The van der Waals surface area contributed by atoms with E-state index in [-0.39, 0.29) is 11.5 Å². The summed E-state index contributed by atoms with van der Waals surface area (Å²) >= 11 is 0. The predicted molar refractivity (Wildman–Crippen MR) is 50.5 cm³/mol. The molecule has 0 aliphatic rings. The zero-order valence-corrected chi connectivity index (χ0v) is 8.06. The fourth-order valence-corrected chi connectivity index (χ4v) is 0.968. The van der Waals surface area contributed by atoms with Crippen molar-refractivity contribution in [3.63, 3.8) is 0 Å². The number of anilines is 1. The second-order valence-electron chi connectivity index (χ2n) is 2.87. The molecule has 0 unspecified atom stereocenters. The average molecular weight is 209 g/mol. The number of nitrogens with one attached hydrogen (secondary N) is 1. The van der Waals surface area contributed by atoms with Crippen LogP contribution in [0.3, 0.4) is 0 Å². The summed E-state index contributed by atoms with van der Waals surface area (Å²) in [7, 11) is 0. The number of nitrogens with two attached hydrogens (primary N) is 1. The molecular weight excluding hydrogens is 198 g/mol. The minimum absolute atomic E-state index is 0.00437. The second-order valence-corrected chi connectivity index (χ2v) is 2.87. The van der Waals surface area contributed by atoms with Gasteiger partial charge in [0.05, 0.1) is 6.07 Å². The third-order valence-electron chi connectivity index (χ3n) is 1.73. The number of nitriles is 1. The topological polar surface area (TPSA) is 118 Å². The molecule has 1 heterocycles. The number of rotatable bonds is 5. The average Bonchev–Trinajstić information content (AvgIpc) is 2.64. The zero-order chi connectivity index (χ0) is 11.1. The first-order chi connectivity index (χ1) is 7.25. The normalized spacial score (nSPS) is 9.53. The van der Waals surface area contributed by atoms with Crippen molar-refractivity contribution in [3.05, 3.63) is 5.69 Å². The van der Waals surface area contributed by atoms with Gasteiger partial charge in [0.25, 0.3) is 5.91 Å². The molecule has 0 aliphatic carbocycles. The highest BCUT2D eigenvalue weighted by Crippen LogP contribution is 2.03. The number of amides is 1. The van der Waals surface area contributed by atoms with Crippen molar-refractivity contribution in [1.82, 2.24) is 15.6 Å². The Hall–Kier alpha value is -2.10. The van der Waals surface area contributed by atoms with E-state index in [2.05, 4.69) is 20.3 Å². The third kappa shape index (κ3) is 3.27. The van der Waals surface area contributed by atoms with E-state index >= 15 is 0 Å². The Kier molecular flexibility index (Phi) is 4.09. The molecule has 0 saturated carbocycles. The number of unbranched alkanes of at least 4 members (excludes halogenated alkanes) is 2. The van der Waals surface area contributed by atoms with Crippen LogP contribution in [-0.2, 0) is 0 Å². The van der Waals surface area contributed by atoms with Gasteiger partial charge in [-0.25, -0.2) is 4.63 Å². The van der Waals surface area contributed by atoms with Gasteiger partial charge in [-0.3, -0.25) is 4.79 Å². The minimum atomic E-state index is -0.411. The molecule has 1 rings (SSSR count). The Morgan fingerprint density at radius 3 is 2.93 bits per heavy atom. The number of carbonyl (C=O) groups excluding carboxylic acids is 1. The van der Waals surface area contributed by atoms with E-state index in [4.69, 9.17) is 11.0 Å². The maximum atomic E-state index is 11.3. The maximum Gasteiger partial charge on any atom is 0.277 e. The van der Waals surface area contributed by atoms with Gasteiger partial charge in [-0.2, -0.15) is 5.26 Å². The summed E-state index contributed by atoms with van der Waals surface area (Å²) in [6.07, 6.45) is 1.98. The predicted octanol–water partition coefficient (Wildman–Crippen LogP) is 0.0755. The molecule has 0 radical (unpaired) electrons. The van der Waals surface area contributed by atoms with Crippen LogP contribution in [0.25, 0.3) is 0 Å². The number of hydrogen-bond donors (Lipinski definition) is 2. The summed E-state index contributed by atoms with van der Waals surface area (Å²) in [5.41, 5.74) is 5.32. The number of aromatic nitrogens is 2. The van der Waals surface area contributed by atoms with Crippen molar-refractivity contribution in [1.29, 1.82) is 5.26 Å². The number of hydrogen-bond acceptors (Lipinski definition) is 6. The molecule has 0 aromatic carbocycles. The lowest BCUT2D eigenvalue weighted by Gasteiger charge is -2.00. The molecule has 0 saturated heterocycles. The van der Waals surface area contributed by atoms with Gasteiger partial charge in [-0.1, -0.05) is 0 Å². The van der Waals surface area contributed by atoms with Crippen LogP contribution < -0.4 is 11.1 Å². The first-order valence-electron chi connectivity index (χ1n) is 4.49. The van der Waals surface area contributed by atoms with E-state index in [9.17, 15) is 4.79 Å². The molecule has 0 fully saturated rings. The molecule has 3 N–H and O–H groups in total. The Morgan fingerprint density at radius 2 is 2.33 bits per heavy atom. The van der Waals surface area contributed by atoms with Gasteiger partial charge in [-0.05, 0) is 23.2 Å². The fourth-order valence-electron chi connectivity index (χ4n) is 0.968. The summed E-state index contributed by atoms with van der Waals surface area (Å²) in [5, 5.41) is 17.5.